The van der Waals surface area contributed by atoms with Crippen molar-refractivity contribution in [2.24, 2.45) is 5.73 Å². The molecule has 4 heterocycles. The molecule has 0 aliphatic rings. The van der Waals surface area contributed by atoms with Crippen molar-refractivity contribution in [2.75, 3.05) is 17.2 Å². The molecule has 0 saturated heterocycles. The van der Waals surface area contributed by atoms with Gasteiger partial charge in [0, 0.05) is 42.1 Å². The summed E-state index contributed by atoms with van der Waals surface area (Å²) >= 11 is 1.59. The first-order valence-electron chi connectivity index (χ1n) is 10.7. The maximum Gasteiger partial charge on any atom is 0.162 e. The smallest absolute Gasteiger partial charge is 0.162 e. The van der Waals surface area contributed by atoms with Gasteiger partial charge in [-0.25, -0.2) is 15.0 Å². The molecule has 0 radical (unpaired) electrons. The molecule has 164 valence electrons. The summed E-state index contributed by atoms with van der Waals surface area (Å²) in [6, 6.07) is 19.8. The molecule has 0 aliphatic heterocycles. The van der Waals surface area contributed by atoms with E-state index in [-0.39, 0.29) is 6.04 Å². The predicted octanol–water partition coefficient (Wildman–Crippen LogP) is 4.87. The Labute approximate surface area is 195 Å². The Balaban J connectivity index is 1.46. The summed E-state index contributed by atoms with van der Waals surface area (Å²) in [5.41, 5.74) is 10.3. The minimum Gasteiger partial charge on any atom is -0.367 e. The van der Waals surface area contributed by atoms with Gasteiger partial charge in [0.05, 0.1) is 10.4 Å². The summed E-state index contributed by atoms with van der Waals surface area (Å²) in [5, 5.41) is 8.89. The molecule has 8 heteroatoms. The van der Waals surface area contributed by atoms with Gasteiger partial charge in [-0.1, -0.05) is 36.4 Å². The van der Waals surface area contributed by atoms with Crippen LogP contribution in [-0.4, -0.2) is 32.5 Å². The second kappa shape index (κ2) is 9.72. The van der Waals surface area contributed by atoms with E-state index in [2.05, 4.69) is 32.7 Å². The standard InChI is InChI=1S/C25H23N7S/c26-19(14-17-6-2-1-3-7-17)15-29-25-23-22(31-24(32-25)18-9-12-27-13-10-18)20(16-33-23)30-21-8-4-5-11-28-21/h1-13,16,19H,14-15,26H2,(H,28,30)(H,29,31,32). The first kappa shape index (κ1) is 21.0. The lowest BCUT2D eigenvalue weighted by Gasteiger charge is -2.15. The average molecular weight is 454 g/mol. The highest BCUT2D eigenvalue weighted by Crippen LogP contribution is 2.36. The predicted molar refractivity (Wildman–Crippen MR) is 135 cm³/mol. The van der Waals surface area contributed by atoms with Crippen molar-refractivity contribution in [3.8, 4) is 11.4 Å². The number of hydrogen-bond donors (Lipinski definition) is 3. The van der Waals surface area contributed by atoms with Gasteiger partial charge in [-0.15, -0.1) is 11.3 Å². The highest BCUT2D eigenvalue weighted by Gasteiger charge is 2.16. The molecule has 5 aromatic rings. The van der Waals surface area contributed by atoms with Gasteiger partial charge >= 0.3 is 0 Å². The van der Waals surface area contributed by atoms with Gasteiger partial charge in [-0.05, 0) is 36.2 Å². The van der Waals surface area contributed by atoms with Crippen LogP contribution in [0.25, 0.3) is 21.6 Å². The lowest BCUT2D eigenvalue weighted by atomic mass is 10.1. The molecule has 5 rings (SSSR count). The monoisotopic (exact) mass is 453 g/mol. The SMILES string of the molecule is NC(CNc1nc(-c2ccncc2)nc2c(Nc3ccccn3)csc12)Cc1ccccc1. The van der Waals surface area contributed by atoms with Crippen LogP contribution in [-0.2, 0) is 6.42 Å². The molecule has 4 N–H and O–H groups in total. The highest BCUT2D eigenvalue weighted by atomic mass is 32.1. The van der Waals surface area contributed by atoms with E-state index in [0.717, 1.165) is 39.5 Å². The van der Waals surface area contributed by atoms with Crippen LogP contribution in [0.4, 0.5) is 17.3 Å². The van der Waals surface area contributed by atoms with Gasteiger partial charge < -0.3 is 16.4 Å². The maximum absolute atomic E-state index is 6.42. The Hall–Kier alpha value is -3.88. The molecule has 7 nitrogen and oxygen atoms in total. The third-order valence-electron chi connectivity index (χ3n) is 5.15. The van der Waals surface area contributed by atoms with Crippen LogP contribution in [0.3, 0.4) is 0 Å². The number of anilines is 3. The minimum absolute atomic E-state index is 0.0483. The van der Waals surface area contributed by atoms with E-state index in [1.54, 1.807) is 29.9 Å². The van der Waals surface area contributed by atoms with Gasteiger partial charge in [0.25, 0.3) is 0 Å². The van der Waals surface area contributed by atoms with Crippen LogP contribution >= 0.6 is 11.3 Å². The molecule has 0 saturated carbocycles. The van der Waals surface area contributed by atoms with E-state index in [0.29, 0.717) is 12.4 Å². The number of nitrogens with two attached hydrogens (primary N) is 1. The molecule has 0 bridgehead atoms. The summed E-state index contributed by atoms with van der Waals surface area (Å²) in [6.45, 7) is 0.595. The molecule has 0 fully saturated rings. The molecule has 0 spiro atoms. The Kier molecular flexibility index (Phi) is 6.19. The van der Waals surface area contributed by atoms with E-state index in [4.69, 9.17) is 15.7 Å². The van der Waals surface area contributed by atoms with Crippen molar-refractivity contribution >= 4 is 38.9 Å². The fraction of sp³-hybridized carbons (Fsp3) is 0.120. The molecular formula is C25H23N7S. The lowest BCUT2D eigenvalue weighted by molar-refractivity contribution is 0.698. The zero-order valence-corrected chi connectivity index (χ0v) is 18.7. The largest absolute Gasteiger partial charge is 0.367 e. The summed E-state index contributed by atoms with van der Waals surface area (Å²) in [4.78, 5) is 18.2. The van der Waals surface area contributed by atoms with Gasteiger partial charge in [0.2, 0.25) is 0 Å². The fourth-order valence-electron chi connectivity index (χ4n) is 3.55. The quantitative estimate of drug-likeness (QED) is 0.308. The number of fused-ring (bicyclic) bond motifs is 1. The zero-order chi connectivity index (χ0) is 22.5. The molecule has 0 amide bonds. The van der Waals surface area contributed by atoms with Crippen LogP contribution in [0.1, 0.15) is 5.56 Å². The topological polar surface area (TPSA) is 102 Å². The Bertz CT molecular complexity index is 1320. The molecule has 1 aromatic carbocycles. The van der Waals surface area contributed by atoms with Crippen LogP contribution in [0.5, 0.6) is 0 Å². The third kappa shape index (κ3) is 4.97. The normalized spacial score (nSPS) is 11.9. The summed E-state index contributed by atoms with van der Waals surface area (Å²) in [5.74, 6) is 2.17. The first-order chi connectivity index (χ1) is 16.3. The van der Waals surface area contributed by atoms with Gasteiger partial charge in [0.1, 0.15) is 17.2 Å². The fourth-order valence-corrected chi connectivity index (χ4v) is 4.45. The lowest BCUT2D eigenvalue weighted by Crippen LogP contribution is -2.31. The Morgan fingerprint density at radius 1 is 0.909 bits per heavy atom. The molecule has 33 heavy (non-hydrogen) atoms. The van der Waals surface area contributed by atoms with Crippen LogP contribution < -0.4 is 16.4 Å². The molecule has 4 aromatic heterocycles. The summed E-state index contributed by atoms with van der Waals surface area (Å²) in [7, 11) is 0. The van der Waals surface area contributed by atoms with Crippen LogP contribution in [0.2, 0.25) is 0 Å². The number of pyridine rings is 2. The number of nitrogens with zero attached hydrogens (tertiary/aromatic N) is 4. The van der Waals surface area contributed by atoms with E-state index < -0.39 is 0 Å². The van der Waals surface area contributed by atoms with Crippen LogP contribution in [0.15, 0.2) is 84.6 Å². The van der Waals surface area contributed by atoms with Crippen molar-refractivity contribution in [3.05, 3.63) is 90.2 Å². The van der Waals surface area contributed by atoms with E-state index >= 15 is 0 Å². The number of hydrogen-bond acceptors (Lipinski definition) is 8. The molecule has 1 unspecified atom stereocenters. The highest BCUT2D eigenvalue weighted by molar-refractivity contribution is 7.18. The van der Waals surface area contributed by atoms with Gasteiger partial charge in [-0.2, -0.15) is 0 Å². The Morgan fingerprint density at radius 2 is 1.73 bits per heavy atom. The number of rotatable bonds is 8. The maximum atomic E-state index is 6.42. The molecular weight excluding hydrogens is 430 g/mol. The molecule has 1 atom stereocenters. The number of aromatic nitrogens is 4. The van der Waals surface area contributed by atoms with E-state index in [1.165, 1.54) is 5.56 Å². The average Bonchev–Trinajstić information content (AvgIpc) is 3.27. The van der Waals surface area contributed by atoms with Crippen molar-refractivity contribution < 1.29 is 0 Å². The van der Waals surface area contributed by atoms with Gasteiger partial charge in [-0.3, -0.25) is 4.98 Å². The zero-order valence-electron chi connectivity index (χ0n) is 17.8. The van der Waals surface area contributed by atoms with Crippen molar-refractivity contribution in [2.45, 2.75) is 12.5 Å². The third-order valence-corrected chi connectivity index (χ3v) is 6.13. The van der Waals surface area contributed by atoms with Gasteiger partial charge in [0.15, 0.2) is 5.82 Å². The van der Waals surface area contributed by atoms with E-state index in [9.17, 15) is 0 Å². The molecule has 0 aliphatic carbocycles. The number of thiophene rings is 1. The summed E-state index contributed by atoms with van der Waals surface area (Å²) < 4.78 is 0.971. The van der Waals surface area contributed by atoms with E-state index in [1.807, 2.05) is 53.9 Å². The van der Waals surface area contributed by atoms with Crippen molar-refractivity contribution in [1.29, 1.82) is 0 Å². The second-order valence-electron chi connectivity index (χ2n) is 7.63. The summed E-state index contributed by atoms with van der Waals surface area (Å²) in [6.07, 6.45) is 6.03. The number of nitrogens with one attached hydrogen (secondary N) is 2. The van der Waals surface area contributed by atoms with Crippen molar-refractivity contribution in [3.63, 3.8) is 0 Å². The Morgan fingerprint density at radius 3 is 2.52 bits per heavy atom. The minimum atomic E-state index is -0.0483. The van der Waals surface area contributed by atoms with Crippen molar-refractivity contribution in [1.82, 2.24) is 19.9 Å². The number of benzene rings is 1. The second-order valence-corrected chi connectivity index (χ2v) is 8.51. The first-order valence-corrected chi connectivity index (χ1v) is 11.6. The van der Waals surface area contributed by atoms with Crippen LogP contribution in [0, 0.1) is 0 Å².